The number of nitrogens with one attached hydrogen (secondary N) is 1. The van der Waals surface area contributed by atoms with Crippen LogP contribution in [0.4, 0.5) is 5.13 Å². The molecule has 1 amide bonds. The zero-order valence-corrected chi connectivity index (χ0v) is 12.0. The number of carbonyl (C=O) groups excluding carboxylic acids is 1. The fourth-order valence-corrected chi connectivity index (χ4v) is 2.41. The average molecular weight is 309 g/mol. The Morgan fingerprint density at radius 2 is 2.24 bits per heavy atom. The quantitative estimate of drug-likeness (QED) is 0.757. The minimum absolute atomic E-state index is 0.122. The molecule has 0 aliphatic carbocycles. The van der Waals surface area contributed by atoms with Crippen LogP contribution in [0.1, 0.15) is 25.0 Å². The molecule has 0 aliphatic heterocycles. The number of thiazole rings is 1. The van der Waals surface area contributed by atoms with Gasteiger partial charge < -0.3 is 10.4 Å². The van der Waals surface area contributed by atoms with Crippen LogP contribution in [0.25, 0.3) is 0 Å². The van der Waals surface area contributed by atoms with Crippen LogP contribution >= 0.6 is 11.3 Å². The van der Waals surface area contributed by atoms with Crippen LogP contribution in [-0.4, -0.2) is 37.0 Å². The lowest BCUT2D eigenvalue weighted by atomic mass is 10.2. The van der Waals surface area contributed by atoms with Crippen LogP contribution in [0.3, 0.4) is 0 Å². The Kier molecular flexibility index (Phi) is 5.38. The molecule has 0 bridgehead atoms. The third-order valence-corrected chi connectivity index (χ3v) is 3.47. The maximum atomic E-state index is 11.7. The number of nitrogens with zero attached hydrogens (tertiary/aromatic N) is 4. The van der Waals surface area contributed by atoms with E-state index in [2.05, 4.69) is 20.6 Å². The van der Waals surface area contributed by atoms with Gasteiger partial charge in [-0.15, -0.1) is 16.4 Å². The van der Waals surface area contributed by atoms with Crippen LogP contribution in [0, 0.1) is 0 Å². The van der Waals surface area contributed by atoms with E-state index in [9.17, 15) is 9.59 Å². The number of rotatable bonds is 8. The van der Waals surface area contributed by atoms with E-state index in [0.717, 1.165) is 5.69 Å². The van der Waals surface area contributed by atoms with Crippen molar-refractivity contribution in [1.82, 2.24) is 20.0 Å². The summed E-state index contributed by atoms with van der Waals surface area (Å²) in [5.74, 6) is -0.955. The van der Waals surface area contributed by atoms with Gasteiger partial charge in [-0.1, -0.05) is 5.21 Å². The van der Waals surface area contributed by atoms with Gasteiger partial charge in [0.2, 0.25) is 5.91 Å². The molecule has 0 atom stereocenters. The van der Waals surface area contributed by atoms with E-state index in [0.29, 0.717) is 24.5 Å². The summed E-state index contributed by atoms with van der Waals surface area (Å²) in [4.78, 5) is 26.4. The Bertz CT molecular complexity index is 596. The molecule has 2 N–H and O–H groups in total. The molecule has 112 valence electrons. The number of carbonyl (C=O) groups is 2. The van der Waals surface area contributed by atoms with Gasteiger partial charge in [0.15, 0.2) is 5.13 Å². The van der Waals surface area contributed by atoms with Crippen molar-refractivity contribution in [1.29, 1.82) is 0 Å². The third kappa shape index (κ3) is 5.30. The van der Waals surface area contributed by atoms with Crippen LogP contribution < -0.4 is 5.32 Å². The highest BCUT2D eigenvalue weighted by Crippen LogP contribution is 2.17. The first kappa shape index (κ1) is 15.1. The molecule has 0 fully saturated rings. The zero-order valence-electron chi connectivity index (χ0n) is 11.2. The molecule has 2 aromatic rings. The van der Waals surface area contributed by atoms with Crippen molar-refractivity contribution in [2.75, 3.05) is 5.32 Å². The van der Waals surface area contributed by atoms with Gasteiger partial charge in [0.05, 0.1) is 18.4 Å². The smallest absolute Gasteiger partial charge is 0.303 e. The summed E-state index contributed by atoms with van der Waals surface area (Å²) in [6.45, 7) is 0.461. The number of aliphatic carboxylic acids is 1. The molecular formula is C12H15N5O3S. The van der Waals surface area contributed by atoms with Crippen molar-refractivity contribution in [3.05, 3.63) is 23.5 Å². The summed E-state index contributed by atoms with van der Waals surface area (Å²) in [5, 5.41) is 21.1. The van der Waals surface area contributed by atoms with E-state index in [1.165, 1.54) is 11.3 Å². The highest BCUT2D eigenvalue weighted by atomic mass is 32.1. The predicted octanol–water partition coefficient (Wildman–Crippen LogP) is 1.17. The van der Waals surface area contributed by atoms with Gasteiger partial charge >= 0.3 is 5.97 Å². The van der Waals surface area contributed by atoms with Crippen LogP contribution in [-0.2, 0) is 22.6 Å². The summed E-state index contributed by atoms with van der Waals surface area (Å²) in [6.07, 6.45) is 4.80. The molecule has 0 saturated heterocycles. The second-order valence-electron chi connectivity index (χ2n) is 4.36. The second kappa shape index (κ2) is 7.48. The molecule has 2 heterocycles. The van der Waals surface area contributed by atoms with E-state index in [1.807, 2.05) is 5.38 Å². The number of amides is 1. The molecule has 0 spiro atoms. The zero-order chi connectivity index (χ0) is 15.1. The molecule has 0 aromatic carbocycles. The standard InChI is InChI=1S/C12H15N5O3S/c18-10(4-6-17-7-5-13-16-17)15-12-14-9(8-21-12)2-1-3-11(19)20/h5,7-8H,1-4,6H2,(H,19,20)(H,14,15,18). The first-order valence-corrected chi connectivity index (χ1v) is 7.31. The normalized spacial score (nSPS) is 10.5. The third-order valence-electron chi connectivity index (χ3n) is 2.66. The van der Waals surface area contributed by atoms with E-state index in [1.54, 1.807) is 17.1 Å². The van der Waals surface area contributed by atoms with Crippen LogP contribution in [0.15, 0.2) is 17.8 Å². The second-order valence-corrected chi connectivity index (χ2v) is 5.21. The fraction of sp³-hybridized carbons (Fsp3) is 0.417. The Labute approximate surface area is 124 Å². The van der Waals surface area contributed by atoms with Crippen LogP contribution in [0.5, 0.6) is 0 Å². The fourth-order valence-electron chi connectivity index (χ4n) is 1.65. The highest BCUT2D eigenvalue weighted by molar-refractivity contribution is 7.13. The molecule has 0 aliphatic rings. The number of hydrogen-bond acceptors (Lipinski definition) is 6. The van der Waals surface area contributed by atoms with Crippen molar-refractivity contribution in [2.24, 2.45) is 0 Å². The summed E-state index contributed by atoms with van der Waals surface area (Å²) in [5.41, 5.74) is 0.799. The Hall–Kier alpha value is -2.29. The van der Waals surface area contributed by atoms with Gasteiger partial charge in [-0.2, -0.15) is 0 Å². The first-order valence-electron chi connectivity index (χ1n) is 6.43. The lowest BCUT2D eigenvalue weighted by Gasteiger charge is -2.01. The number of carboxylic acid groups (broad SMARTS) is 1. The molecule has 0 saturated carbocycles. The van der Waals surface area contributed by atoms with Gasteiger partial charge in [-0.25, -0.2) is 4.98 Å². The summed E-state index contributed by atoms with van der Waals surface area (Å²) in [6, 6.07) is 0. The minimum atomic E-state index is -0.813. The summed E-state index contributed by atoms with van der Waals surface area (Å²) >= 11 is 1.33. The van der Waals surface area contributed by atoms with E-state index in [4.69, 9.17) is 5.11 Å². The number of aromatic nitrogens is 4. The van der Waals surface area contributed by atoms with E-state index < -0.39 is 5.97 Å². The highest BCUT2D eigenvalue weighted by Gasteiger charge is 2.08. The lowest BCUT2D eigenvalue weighted by molar-refractivity contribution is -0.137. The monoisotopic (exact) mass is 309 g/mol. The summed E-state index contributed by atoms with van der Waals surface area (Å²) in [7, 11) is 0. The minimum Gasteiger partial charge on any atom is -0.481 e. The van der Waals surface area contributed by atoms with Crippen molar-refractivity contribution in [3.8, 4) is 0 Å². The van der Waals surface area contributed by atoms with Crippen molar-refractivity contribution >= 4 is 28.3 Å². The van der Waals surface area contributed by atoms with Crippen molar-refractivity contribution in [3.63, 3.8) is 0 Å². The molecule has 2 rings (SSSR count). The van der Waals surface area contributed by atoms with Gasteiger partial charge in [0.1, 0.15) is 0 Å². The molecular weight excluding hydrogens is 294 g/mol. The van der Waals surface area contributed by atoms with Gasteiger partial charge in [0, 0.05) is 24.4 Å². The maximum Gasteiger partial charge on any atom is 0.303 e. The van der Waals surface area contributed by atoms with Gasteiger partial charge in [-0.05, 0) is 12.8 Å². The predicted molar refractivity (Wildman–Crippen MR) is 76.0 cm³/mol. The number of hydrogen-bond donors (Lipinski definition) is 2. The Balaban J connectivity index is 1.73. The molecule has 2 aromatic heterocycles. The lowest BCUT2D eigenvalue weighted by Crippen LogP contribution is -2.14. The van der Waals surface area contributed by atoms with Crippen molar-refractivity contribution < 1.29 is 14.7 Å². The van der Waals surface area contributed by atoms with E-state index in [-0.39, 0.29) is 18.7 Å². The first-order chi connectivity index (χ1) is 10.1. The Morgan fingerprint density at radius 3 is 2.95 bits per heavy atom. The number of carboxylic acids is 1. The number of anilines is 1. The molecule has 0 unspecified atom stereocenters. The molecule has 0 radical (unpaired) electrons. The van der Waals surface area contributed by atoms with Crippen molar-refractivity contribution in [2.45, 2.75) is 32.2 Å². The van der Waals surface area contributed by atoms with E-state index >= 15 is 0 Å². The number of aryl methyl sites for hydroxylation is 2. The van der Waals surface area contributed by atoms with Gasteiger partial charge in [-0.3, -0.25) is 14.3 Å². The molecule has 9 heteroatoms. The molecule has 8 nitrogen and oxygen atoms in total. The average Bonchev–Trinajstić information content (AvgIpc) is 3.08. The Morgan fingerprint density at radius 1 is 1.38 bits per heavy atom. The van der Waals surface area contributed by atoms with Crippen LogP contribution in [0.2, 0.25) is 0 Å². The molecule has 21 heavy (non-hydrogen) atoms. The summed E-state index contributed by atoms with van der Waals surface area (Å²) < 4.78 is 1.58. The topological polar surface area (TPSA) is 110 Å². The SMILES string of the molecule is O=C(O)CCCc1csc(NC(=O)CCn2ccnn2)n1. The maximum absolute atomic E-state index is 11.7. The van der Waals surface area contributed by atoms with Gasteiger partial charge in [0.25, 0.3) is 0 Å². The largest absolute Gasteiger partial charge is 0.481 e.